The van der Waals surface area contributed by atoms with Gasteiger partial charge in [-0.3, -0.25) is 4.79 Å². The Bertz CT molecular complexity index is 849. The van der Waals surface area contributed by atoms with Crippen LogP contribution in [-0.4, -0.2) is 5.91 Å². The molecule has 1 aromatic heterocycles. The van der Waals surface area contributed by atoms with Crippen LogP contribution in [0.4, 0.5) is 5.69 Å². The van der Waals surface area contributed by atoms with E-state index in [1.54, 1.807) is 18.2 Å². The van der Waals surface area contributed by atoms with E-state index in [9.17, 15) is 4.79 Å². The zero-order valence-electron chi connectivity index (χ0n) is 11.6. The predicted molar refractivity (Wildman–Crippen MR) is 89.2 cm³/mol. The fourth-order valence-electron chi connectivity index (χ4n) is 2.22. The first-order valence-electron chi connectivity index (χ1n) is 6.74. The van der Waals surface area contributed by atoms with Crippen LogP contribution in [0.2, 0.25) is 10.0 Å². The number of fused-ring (bicyclic) bond motifs is 1. The second kappa shape index (κ2) is 6.34. The smallest absolute Gasteiger partial charge is 0.290 e. The Morgan fingerprint density at radius 3 is 2.59 bits per heavy atom. The van der Waals surface area contributed by atoms with E-state index in [0.29, 0.717) is 15.7 Å². The minimum Gasteiger partial charge on any atom is -0.319 e. The molecule has 22 heavy (non-hydrogen) atoms. The summed E-state index contributed by atoms with van der Waals surface area (Å²) in [6, 6.07) is 15.0. The highest BCUT2D eigenvalue weighted by atomic mass is 35.5. The van der Waals surface area contributed by atoms with E-state index in [4.69, 9.17) is 23.2 Å². The van der Waals surface area contributed by atoms with Gasteiger partial charge in [0.05, 0.1) is 10.7 Å². The molecular weight excluding hydrogens is 319 g/mol. The van der Waals surface area contributed by atoms with Crippen molar-refractivity contribution in [2.45, 2.75) is 6.54 Å². The number of anilines is 1. The van der Waals surface area contributed by atoms with Gasteiger partial charge in [-0.2, -0.15) is 4.57 Å². The number of carbonyl (C=O) groups excluding carboxylic acids is 1. The van der Waals surface area contributed by atoms with Crippen molar-refractivity contribution in [1.82, 2.24) is 0 Å². The number of nitrogens with zero attached hydrogens (tertiary/aromatic N) is 1. The van der Waals surface area contributed by atoms with Crippen molar-refractivity contribution >= 4 is 45.6 Å². The van der Waals surface area contributed by atoms with E-state index < -0.39 is 0 Å². The van der Waals surface area contributed by atoms with Crippen LogP contribution in [0, 0.1) is 0 Å². The molecule has 0 bridgehead atoms. The number of amides is 1. The van der Waals surface area contributed by atoms with Gasteiger partial charge >= 0.3 is 0 Å². The minimum absolute atomic E-state index is 0.149. The lowest BCUT2D eigenvalue weighted by Gasteiger charge is -2.06. The highest BCUT2D eigenvalue weighted by Gasteiger charge is 2.12. The lowest BCUT2D eigenvalue weighted by Crippen LogP contribution is -2.39. The summed E-state index contributed by atoms with van der Waals surface area (Å²) in [7, 11) is 0. The maximum absolute atomic E-state index is 12.1. The zero-order valence-corrected chi connectivity index (χ0v) is 13.1. The standard InChI is InChI=1S/C17H12Cl2N2O/c18-14-5-6-16(15(19)9-14)20-17(22)11-21-8-7-12-3-1-2-4-13(12)10-21/h1-10H,11H2/p+1. The van der Waals surface area contributed by atoms with Gasteiger partial charge in [-0.25, -0.2) is 0 Å². The van der Waals surface area contributed by atoms with E-state index in [2.05, 4.69) is 5.32 Å². The molecule has 5 heteroatoms. The molecule has 0 spiro atoms. The van der Waals surface area contributed by atoms with Crippen molar-refractivity contribution in [3.8, 4) is 0 Å². The third-order valence-electron chi connectivity index (χ3n) is 3.28. The number of benzene rings is 2. The summed E-state index contributed by atoms with van der Waals surface area (Å²) >= 11 is 11.9. The topological polar surface area (TPSA) is 33.0 Å². The lowest BCUT2D eigenvalue weighted by atomic mass is 10.2. The van der Waals surface area contributed by atoms with Crippen LogP contribution >= 0.6 is 23.2 Å². The van der Waals surface area contributed by atoms with Gasteiger partial charge in [-0.1, -0.05) is 41.4 Å². The molecule has 0 fully saturated rings. The molecule has 0 unspecified atom stereocenters. The Balaban J connectivity index is 1.75. The highest BCUT2D eigenvalue weighted by Crippen LogP contribution is 2.25. The van der Waals surface area contributed by atoms with Crippen molar-refractivity contribution in [2.75, 3.05) is 5.32 Å². The summed E-state index contributed by atoms with van der Waals surface area (Å²) in [4.78, 5) is 12.1. The molecule has 1 N–H and O–H groups in total. The Hall–Kier alpha value is -2.10. The lowest BCUT2D eigenvalue weighted by molar-refractivity contribution is -0.682. The molecule has 0 aliphatic heterocycles. The van der Waals surface area contributed by atoms with Crippen molar-refractivity contribution < 1.29 is 9.36 Å². The van der Waals surface area contributed by atoms with Gasteiger partial charge in [0, 0.05) is 16.5 Å². The third-order valence-corrected chi connectivity index (χ3v) is 3.83. The number of aromatic nitrogens is 1. The van der Waals surface area contributed by atoms with E-state index in [-0.39, 0.29) is 12.5 Å². The molecule has 0 radical (unpaired) electrons. The molecular formula is C17H13Cl2N2O+. The number of rotatable bonds is 3. The van der Waals surface area contributed by atoms with Crippen LogP contribution in [0.3, 0.4) is 0 Å². The quantitative estimate of drug-likeness (QED) is 0.721. The Morgan fingerprint density at radius 1 is 1.05 bits per heavy atom. The minimum atomic E-state index is -0.149. The molecule has 0 saturated carbocycles. The summed E-state index contributed by atoms with van der Waals surface area (Å²) < 4.78 is 1.83. The Morgan fingerprint density at radius 2 is 1.82 bits per heavy atom. The van der Waals surface area contributed by atoms with Crippen LogP contribution < -0.4 is 9.88 Å². The Kier molecular flexibility index (Phi) is 4.27. The highest BCUT2D eigenvalue weighted by molar-refractivity contribution is 6.36. The molecule has 3 nitrogen and oxygen atoms in total. The molecule has 0 saturated heterocycles. The SMILES string of the molecule is O=C(C[n+]1ccc2ccccc2c1)Nc1ccc(Cl)cc1Cl. The second-order valence-corrected chi connectivity index (χ2v) is 5.76. The number of halogens is 2. The van der Waals surface area contributed by atoms with Crippen LogP contribution in [-0.2, 0) is 11.3 Å². The normalized spacial score (nSPS) is 10.6. The number of hydrogen-bond donors (Lipinski definition) is 1. The molecule has 0 aliphatic carbocycles. The first kappa shape index (κ1) is 14.8. The Labute approximate surface area is 138 Å². The summed E-state index contributed by atoms with van der Waals surface area (Å²) in [6.07, 6.45) is 3.82. The summed E-state index contributed by atoms with van der Waals surface area (Å²) in [5.41, 5.74) is 0.553. The number of hydrogen-bond acceptors (Lipinski definition) is 1. The van der Waals surface area contributed by atoms with E-state index in [1.807, 2.05) is 47.3 Å². The monoisotopic (exact) mass is 331 g/mol. The van der Waals surface area contributed by atoms with Crippen molar-refractivity contribution in [3.05, 3.63) is 71.0 Å². The van der Waals surface area contributed by atoms with Crippen molar-refractivity contribution in [2.24, 2.45) is 0 Å². The van der Waals surface area contributed by atoms with Gasteiger partial charge in [0.25, 0.3) is 5.91 Å². The van der Waals surface area contributed by atoms with Gasteiger partial charge in [0.15, 0.2) is 12.4 Å². The van der Waals surface area contributed by atoms with Crippen LogP contribution in [0.5, 0.6) is 0 Å². The average molecular weight is 332 g/mol. The molecule has 2 aromatic carbocycles. The van der Waals surface area contributed by atoms with Crippen LogP contribution in [0.25, 0.3) is 10.8 Å². The number of carbonyl (C=O) groups is 1. The van der Waals surface area contributed by atoms with Crippen molar-refractivity contribution in [3.63, 3.8) is 0 Å². The second-order valence-electron chi connectivity index (χ2n) is 4.92. The van der Waals surface area contributed by atoms with Gasteiger partial charge in [0.2, 0.25) is 6.54 Å². The molecule has 1 amide bonds. The van der Waals surface area contributed by atoms with Crippen LogP contribution in [0.15, 0.2) is 60.9 Å². The maximum Gasteiger partial charge on any atom is 0.290 e. The van der Waals surface area contributed by atoms with Gasteiger partial charge in [-0.05, 0) is 29.7 Å². The number of nitrogens with one attached hydrogen (secondary N) is 1. The molecule has 3 aromatic rings. The van der Waals surface area contributed by atoms with E-state index in [1.165, 1.54) is 0 Å². The first-order chi connectivity index (χ1) is 10.6. The first-order valence-corrected chi connectivity index (χ1v) is 7.50. The van der Waals surface area contributed by atoms with E-state index >= 15 is 0 Å². The van der Waals surface area contributed by atoms with Gasteiger partial charge in [-0.15, -0.1) is 0 Å². The predicted octanol–water partition coefficient (Wildman–Crippen LogP) is 4.07. The fraction of sp³-hybridized carbons (Fsp3) is 0.0588. The molecule has 0 atom stereocenters. The van der Waals surface area contributed by atoms with Crippen molar-refractivity contribution in [1.29, 1.82) is 0 Å². The summed E-state index contributed by atoms with van der Waals surface area (Å²) in [5.74, 6) is -0.149. The fourth-order valence-corrected chi connectivity index (χ4v) is 2.68. The van der Waals surface area contributed by atoms with Gasteiger partial charge in [0.1, 0.15) is 0 Å². The largest absolute Gasteiger partial charge is 0.319 e. The van der Waals surface area contributed by atoms with Gasteiger partial charge < -0.3 is 5.32 Å². The molecule has 110 valence electrons. The molecule has 1 heterocycles. The number of pyridine rings is 1. The average Bonchev–Trinajstić information content (AvgIpc) is 2.50. The third kappa shape index (κ3) is 3.38. The summed E-state index contributed by atoms with van der Waals surface area (Å²) in [5, 5.41) is 5.96. The molecule has 0 aliphatic rings. The molecule has 3 rings (SSSR count). The van der Waals surface area contributed by atoms with E-state index in [0.717, 1.165) is 10.8 Å². The zero-order chi connectivity index (χ0) is 15.5. The maximum atomic E-state index is 12.1. The van der Waals surface area contributed by atoms with Crippen LogP contribution in [0.1, 0.15) is 0 Å². The summed E-state index contributed by atoms with van der Waals surface area (Å²) in [6.45, 7) is 0.212.